The van der Waals surface area contributed by atoms with Gasteiger partial charge in [0.1, 0.15) is 19.0 Å². The molecule has 1 N–H and O–H groups in total. The van der Waals surface area contributed by atoms with Crippen LogP contribution in [0.1, 0.15) is 48.0 Å². The summed E-state index contributed by atoms with van der Waals surface area (Å²) >= 11 is 0. The number of carbonyl (C=O) groups is 3. The van der Waals surface area contributed by atoms with Crippen LogP contribution in [0.2, 0.25) is 0 Å². The quantitative estimate of drug-likeness (QED) is 0.491. The fraction of sp³-hybridized carbons (Fsp3) is 0.296. The number of esters is 2. The Hall–Kier alpha value is -3.87. The van der Waals surface area contributed by atoms with Crippen LogP contribution >= 0.6 is 0 Å². The van der Waals surface area contributed by atoms with E-state index >= 15 is 0 Å². The maximum atomic E-state index is 13.2. The van der Waals surface area contributed by atoms with Crippen molar-refractivity contribution in [2.75, 3.05) is 20.3 Å². The number of methoxy groups -OCH3 is 1. The number of Topliss-reactive ketones (excluding diaryl/α,β-unsaturated/α-hetero) is 1. The molecule has 7 nitrogen and oxygen atoms in total. The van der Waals surface area contributed by atoms with E-state index in [4.69, 9.17) is 14.2 Å². The third-order valence-corrected chi connectivity index (χ3v) is 5.99. The highest BCUT2D eigenvalue weighted by atomic mass is 16.6. The Morgan fingerprint density at radius 2 is 1.71 bits per heavy atom. The number of para-hydroxylation sites is 1. The average Bonchev–Trinajstić information content (AvgIpc) is 2.86. The molecule has 2 aromatic carbocycles. The zero-order chi connectivity index (χ0) is 24.1. The number of hydrogen-bond donors (Lipinski definition) is 1. The van der Waals surface area contributed by atoms with Gasteiger partial charge in [-0.05, 0) is 49.6 Å². The molecule has 7 heteroatoms. The van der Waals surface area contributed by atoms with Crippen molar-refractivity contribution < 1.29 is 28.6 Å². The van der Waals surface area contributed by atoms with Crippen molar-refractivity contribution in [3.63, 3.8) is 0 Å². The van der Waals surface area contributed by atoms with Crippen molar-refractivity contribution in [3.05, 3.63) is 88.3 Å². The Morgan fingerprint density at radius 1 is 0.971 bits per heavy atom. The number of hydrogen-bond acceptors (Lipinski definition) is 7. The Labute approximate surface area is 198 Å². The van der Waals surface area contributed by atoms with Gasteiger partial charge < -0.3 is 19.5 Å². The highest BCUT2D eigenvalue weighted by Gasteiger charge is 2.39. The van der Waals surface area contributed by atoms with Crippen LogP contribution in [-0.2, 0) is 19.1 Å². The van der Waals surface area contributed by atoms with E-state index in [0.29, 0.717) is 34.6 Å². The van der Waals surface area contributed by atoms with Gasteiger partial charge in [-0.1, -0.05) is 30.3 Å². The van der Waals surface area contributed by atoms with Gasteiger partial charge in [-0.15, -0.1) is 0 Å². The molecule has 0 unspecified atom stereocenters. The van der Waals surface area contributed by atoms with Crippen LogP contribution in [0.5, 0.6) is 5.75 Å². The van der Waals surface area contributed by atoms with Gasteiger partial charge in [0, 0.05) is 29.3 Å². The van der Waals surface area contributed by atoms with Gasteiger partial charge in [-0.25, -0.2) is 9.59 Å². The van der Waals surface area contributed by atoms with Crippen LogP contribution in [-0.4, -0.2) is 38.0 Å². The van der Waals surface area contributed by atoms with E-state index in [2.05, 4.69) is 5.32 Å². The maximum absolute atomic E-state index is 13.2. The predicted octanol–water partition coefficient (Wildman–Crippen LogP) is 4.06. The summed E-state index contributed by atoms with van der Waals surface area (Å²) in [5.74, 6) is -0.817. The maximum Gasteiger partial charge on any atom is 0.337 e. The highest BCUT2D eigenvalue weighted by Crippen LogP contribution is 2.42. The molecule has 0 spiro atoms. The molecule has 0 saturated carbocycles. The van der Waals surface area contributed by atoms with Crippen molar-refractivity contribution in [1.82, 2.24) is 5.32 Å². The van der Waals surface area contributed by atoms with Crippen LogP contribution in [0.15, 0.2) is 77.1 Å². The number of nitrogens with one attached hydrogen (secondary N) is 1. The van der Waals surface area contributed by atoms with Crippen LogP contribution < -0.4 is 10.1 Å². The van der Waals surface area contributed by atoms with Crippen molar-refractivity contribution in [1.29, 1.82) is 0 Å². The van der Waals surface area contributed by atoms with Gasteiger partial charge in [-0.3, -0.25) is 4.79 Å². The number of allylic oxidation sites excluding steroid dienone is 3. The van der Waals surface area contributed by atoms with Crippen molar-refractivity contribution in [2.45, 2.75) is 32.1 Å². The van der Waals surface area contributed by atoms with Crippen LogP contribution in [0.3, 0.4) is 0 Å². The van der Waals surface area contributed by atoms with Crippen molar-refractivity contribution in [3.8, 4) is 5.75 Å². The second kappa shape index (κ2) is 10.4. The molecule has 4 rings (SSSR count). The van der Waals surface area contributed by atoms with Crippen LogP contribution in [0.25, 0.3) is 0 Å². The normalized spacial score (nSPS) is 17.6. The Morgan fingerprint density at radius 3 is 2.41 bits per heavy atom. The summed E-state index contributed by atoms with van der Waals surface area (Å²) in [5, 5.41) is 3.27. The molecule has 1 aliphatic heterocycles. The van der Waals surface area contributed by atoms with E-state index < -0.39 is 17.9 Å². The molecule has 0 amide bonds. The van der Waals surface area contributed by atoms with Gasteiger partial charge in [0.15, 0.2) is 5.78 Å². The largest absolute Gasteiger partial charge is 0.490 e. The van der Waals surface area contributed by atoms with E-state index in [-0.39, 0.29) is 19.0 Å². The van der Waals surface area contributed by atoms with Gasteiger partial charge >= 0.3 is 11.9 Å². The molecule has 1 atom stereocenters. The SMILES string of the molecule is COC(=O)c1ccc([C@@H]2C(C(=O)OCCOc3ccccc3)=C(C)NC3=C2C(=O)CCC3)cc1. The topological polar surface area (TPSA) is 90.9 Å². The number of ether oxygens (including phenoxy) is 3. The second-order valence-electron chi connectivity index (χ2n) is 8.18. The summed E-state index contributed by atoms with van der Waals surface area (Å²) in [4.78, 5) is 38.0. The Bertz CT molecular complexity index is 1150. The number of dihydropyridines is 1. The molecule has 0 aromatic heterocycles. The molecule has 176 valence electrons. The Balaban J connectivity index is 1.58. The summed E-state index contributed by atoms with van der Waals surface area (Å²) in [6.45, 7) is 2.09. The summed E-state index contributed by atoms with van der Waals surface area (Å²) < 4.78 is 15.9. The summed E-state index contributed by atoms with van der Waals surface area (Å²) in [7, 11) is 1.32. The van der Waals surface area contributed by atoms with Crippen molar-refractivity contribution in [2.24, 2.45) is 0 Å². The minimum Gasteiger partial charge on any atom is -0.490 e. The minimum atomic E-state index is -0.571. The second-order valence-corrected chi connectivity index (χ2v) is 8.18. The van der Waals surface area contributed by atoms with Gasteiger partial charge in [0.25, 0.3) is 0 Å². The predicted molar refractivity (Wildman–Crippen MR) is 125 cm³/mol. The number of ketones is 1. The first-order valence-electron chi connectivity index (χ1n) is 11.3. The molecule has 0 bridgehead atoms. The molecule has 1 heterocycles. The third kappa shape index (κ3) is 4.88. The lowest BCUT2D eigenvalue weighted by molar-refractivity contribution is -0.140. The molecule has 34 heavy (non-hydrogen) atoms. The zero-order valence-corrected chi connectivity index (χ0v) is 19.3. The lowest BCUT2D eigenvalue weighted by atomic mass is 9.75. The molecule has 0 fully saturated rings. The van der Waals surface area contributed by atoms with Crippen molar-refractivity contribution >= 4 is 17.7 Å². The summed E-state index contributed by atoms with van der Waals surface area (Å²) in [6.07, 6.45) is 1.94. The number of benzene rings is 2. The van der Waals surface area contributed by atoms with E-state index in [1.807, 2.05) is 37.3 Å². The van der Waals surface area contributed by atoms with E-state index in [1.165, 1.54) is 7.11 Å². The smallest absolute Gasteiger partial charge is 0.337 e. The zero-order valence-electron chi connectivity index (χ0n) is 19.3. The first-order chi connectivity index (χ1) is 16.5. The molecular formula is C27H27NO6. The molecule has 2 aliphatic rings. The van der Waals surface area contributed by atoms with Crippen LogP contribution in [0.4, 0.5) is 0 Å². The minimum absolute atomic E-state index is 0.0148. The Kier molecular flexibility index (Phi) is 7.11. The fourth-order valence-electron chi connectivity index (χ4n) is 4.41. The van der Waals surface area contributed by atoms with Crippen LogP contribution in [0, 0.1) is 0 Å². The monoisotopic (exact) mass is 461 g/mol. The molecule has 1 aliphatic carbocycles. The third-order valence-electron chi connectivity index (χ3n) is 5.99. The number of carbonyl (C=O) groups excluding carboxylic acids is 3. The van der Waals surface area contributed by atoms with Gasteiger partial charge in [0.05, 0.1) is 18.2 Å². The molecule has 0 radical (unpaired) electrons. The first kappa shape index (κ1) is 23.3. The first-order valence-corrected chi connectivity index (χ1v) is 11.3. The van der Waals surface area contributed by atoms with E-state index in [9.17, 15) is 14.4 Å². The van der Waals surface area contributed by atoms with Gasteiger partial charge in [0.2, 0.25) is 0 Å². The fourth-order valence-corrected chi connectivity index (χ4v) is 4.41. The standard InChI is InChI=1S/C27H27NO6/c1-17-23(27(31)34-16-15-33-20-7-4-3-5-8-20)24(25-21(28-17)9-6-10-22(25)29)18-11-13-19(14-12-18)26(30)32-2/h3-5,7-8,11-14,24,28H,6,9-10,15-16H2,1-2H3/t24-/m1/s1. The number of rotatable bonds is 7. The van der Waals surface area contributed by atoms with E-state index in [0.717, 1.165) is 24.1 Å². The molecule has 2 aromatic rings. The summed E-state index contributed by atoms with van der Waals surface area (Å²) in [6, 6.07) is 16.1. The lowest BCUT2D eigenvalue weighted by Gasteiger charge is -2.34. The van der Waals surface area contributed by atoms with Gasteiger partial charge in [-0.2, -0.15) is 0 Å². The average molecular weight is 462 g/mol. The molecule has 0 saturated heterocycles. The summed E-state index contributed by atoms with van der Waals surface area (Å²) in [5.41, 5.74) is 3.62. The van der Waals surface area contributed by atoms with E-state index in [1.54, 1.807) is 24.3 Å². The lowest BCUT2D eigenvalue weighted by Crippen LogP contribution is -2.34. The molecular weight excluding hydrogens is 434 g/mol. The highest BCUT2D eigenvalue weighted by molar-refractivity contribution is 6.03.